The average molecular weight is 897 g/mol. The van der Waals surface area contributed by atoms with Crippen LogP contribution in [0.15, 0.2) is 109 Å². The van der Waals surface area contributed by atoms with E-state index in [9.17, 15) is 19.4 Å². The molecule has 0 aliphatic rings. The van der Waals surface area contributed by atoms with Crippen LogP contribution in [-0.2, 0) is 18.4 Å². The Hall–Kier alpha value is -2.84. The summed E-state index contributed by atoms with van der Waals surface area (Å²) in [6.07, 6.45) is 64.3. The molecule has 9 heteroatoms. The second kappa shape index (κ2) is 44.4. The molecule has 0 saturated heterocycles. The van der Waals surface area contributed by atoms with Crippen LogP contribution in [0.4, 0.5) is 0 Å². The van der Waals surface area contributed by atoms with Gasteiger partial charge in [-0.2, -0.15) is 0 Å². The van der Waals surface area contributed by atoms with Crippen LogP contribution in [0.5, 0.6) is 0 Å². The molecule has 0 heterocycles. The van der Waals surface area contributed by atoms with Gasteiger partial charge in [0.1, 0.15) is 13.2 Å². The average Bonchev–Trinajstić information content (AvgIpc) is 3.24. The molecule has 0 aromatic heterocycles. The van der Waals surface area contributed by atoms with Crippen LogP contribution in [0.1, 0.15) is 174 Å². The number of carbonyl (C=O) groups is 1. The lowest BCUT2D eigenvalue weighted by atomic mass is 10.0. The molecule has 2 N–H and O–H groups in total. The number of allylic oxidation sites excluding steroid dienone is 18. The zero-order valence-corrected chi connectivity index (χ0v) is 41.6. The minimum Gasteiger partial charge on any atom is -0.756 e. The summed E-state index contributed by atoms with van der Waals surface area (Å²) in [5.41, 5.74) is 0. The fraction of sp³-hybridized carbons (Fsp3) is 0.648. The van der Waals surface area contributed by atoms with Gasteiger partial charge in [-0.3, -0.25) is 9.36 Å². The van der Waals surface area contributed by atoms with Crippen molar-refractivity contribution >= 4 is 13.7 Å². The minimum atomic E-state index is -4.56. The van der Waals surface area contributed by atoms with Crippen molar-refractivity contribution in [3.05, 3.63) is 109 Å². The van der Waals surface area contributed by atoms with Crippen molar-refractivity contribution in [3.63, 3.8) is 0 Å². The highest BCUT2D eigenvalue weighted by Gasteiger charge is 2.24. The van der Waals surface area contributed by atoms with E-state index in [1.807, 2.05) is 21.1 Å². The Morgan fingerprint density at radius 2 is 0.968 bits per heavy atom. The highest BCUT2D eigenvalue weighted by Crippen LogP contribution is 2.38. The summed E-state index contributed by atoms with van der Waals surface area (Å²) in [7, 11) is 1.27. The molecule has 63 heavy (non-hydrogen) atoms. The van der Waals surface area contributed by atoms with E-state index in [1.54, 1.807) is 0 Å². The molecular formula is C54H93N2O6P. The molecule has 8 nitrogen and oxygen atoms in total. The summed E-state index contributed by atoms with van der Waals surface area (Å²) in [5.74, 6) is -0.188. The van der Waals surface area contributed by atoms with Gasteiger partial charge < -0.3 is 28.8 Å². The first-order valence-corrected chi connectivity index (χ1v) is 26.2. The number of quaternary nitrogens is 1. The van der Waals surface area contributed by atoms with Crippen molar-refractivity contribution in [1.82, 2.24) is 5.32 Å². The third kappa shape index (κ3) is 47.0. The predicted molar refractivity (Wildman–Crippen MR) is 269 cm³/mol. The number of unbranched alkanes of at least 4 members (excludes halogenated alkanes) is 12. The number of amides is 1. The second-order valence-electron chi connectivity index (χ2n) is 17.4. The smallest absolute Gasteiger partial charge is 0.268 e. The van der Waals surface area contributed by atoms with E-state index in [0.717, 1.165) is 109 Å². The largest absolute Gasteiger partial charge is 0.756 e. The third-order valence-corrected chi connectivity index (χ3v) is 11.2. The van der Waals surface area contributed by atoms with Crippen LogP contribution in [0, 0.1) is 0 Å². The Morgan fingerprint density at radius 3 is 1.41 bits per heavy atom. The van der Waals surface area contributed by atoms with Gasteiger partial charge >= 0.3 is 0 Å². The number of likely N-dealkylation sites (N-methyl/N-ethyl adjacent to an activating group) is 1. The topological polar surface area (TPSA) is 108 Å². The first-order chi connectivity index (χ1) is 30.5. The van der Waals surface area contributed by atoms with Gasteiger partial charge in [0.05, 0.1) is 39.9 Å². The maximum Gasteiger partial charge on any atom is 0.268 e. The number of phosphoric acid groups is 1. The normalized spacial score (nSPS) is 15.1. The highest BCUT2D eigenvalue weighted by atomic mass is 31.2. The third-order valence-electron chi connectivity index (χ3n) is 10.3. The molecule has 0 radical (unpaired) electrons. The minimum absolute atomic E-state index is 0.00325. The zero-order chi connectivity index (χ0) is 46.4. The first kappa shape index (κ1) is 60.2. The summed E-state index contributed by atoms with van der Waals surface area (Å²) in [6, 6.07) is -0.810. The second-order valence-corrected chi connectivity index (χ2v) is 18.8. The maximum absolute atomic E-state index is 12.8. The van der Waals surface area contributed by atoms with E-state index in [0.29, 0.717) is 23.9 Å². The van der Waals surface area contributed by atoms with Gasteiger partial charge in [0, 0.05) is 6.42 Å². The van der Waals surface area contributed by atoms with Gasteiger partial charge in [-0.25, -0.2) is 0 Å². The molecule has 0 aromatic carbocycles. The summed E-state index contributed by atoms with van der Waals surface area (Å²) >= 11 is 0. The number of phosphoric ester groups is 1. The predicted octanol–water partition coefficient (Wildman–Crippen LogP) is 13.8. The van der Waals surface area contributed by atoms with E-state index in [4.69, 9.17) is 9.05 Å². The first-order valence-electron chi connectivity index (χ1n) is 24.7. The van der Waals surface area contributed by atoms with Crippen molar-refractivity contribution in [2.24, 2.45) is 0 Å². The molecule has 0 fully saturated rings. The molecule has 0 aromatic rings. The van der Waals surface area contributed by atoms with Crippen molar-refractivity contribution in [3.8, 4) is 0 Å². The molecule has 0 spiro atoms. The van der Waals surface area contributed by atoms with Gasteiger partial charge in [0.15, 0.2) is 0 Å². The highest BCUT2D eigenvalue weighted by molar-refractivity contribution is 7.45. The van der Waals surface area contributed by atoms with Crippen molar-refractivity contribution in [2.45, 2.75) is 187 Å². The van der Waals surface area contributed by atoms with E-state index in [2.05, 4.69) is 129 Å². The Kier molecular flexibility index (Phi) is 42.4. The van der Waals surface area contributed by atoms with Crippen molar-refractivity contribution in [2.75, 3.05) is 40.9 Å². The number of hydrogen-bond acceptors (Lipinski definition) is 6. The number of carbonyl (C=O) groups excluding carboxylic acids is 1. The maximum atomic E-state index is 12.8. The lowest BCUT2D eigenvalue weighted by Gasteiger charge is -2.30. The quantitative estimate of drug-likeness (QED) is 0.0273. The molecule has 0 aliphatic heterocycles. The summed E-state index contributed by atoms with van der Waals surface area (Å²) < 4.78 is 23.1. The number of aliphatic hydroxyl groups excluding tert-OH is 1. The molecule has 3 unspecified atom stereocenters. The molecule has 0 aliphatic carbocycles. The fourth-order valence-electron chi connectivity index (χ4n) is 6.38. The Bertz CT molecular complexity index is 1390. The summed E-state index contributed by atoms with van der Waals surface area (Å²) in [6.45, 7) is 4.50. The lowest BCUT2D eigenvalue weighted by Crippen LogP contribution is -2.46. The number of hydrogen-bond donors (Lipinski definition) is 2. The van der Waals surface area contributed by atoms with Gasteiger partial charge in [0.2, 0.25) is 5.91 Å². The lowest BCUT2D eigenvalue weighted by molar-refractivity contribution is -0.870. The standard InChI is InChI=1S/C54H93N2O6P/c1-6-8-10-12-14-15-16-17-18-19-20-21-22-23-24-25-26-27-28-29-30-31-32-33-34-35-36-37-38-39-40-41-42-44-46-48-54(58)55-52(53(57)47-45-43-13-11-9-7-2)51-62-63(59,60)61-50-49-56(3,4)5/h8,10,14-15,17-18,20-21,23-24,26-27,29-30,32-33,35-36,52-53,57H,6-7,9,11-13,16,19,22,25,28,31,34,37-51H2,1-5H3,(H-,55,58,59,60)/b10-8-,15-14-,18-17-,21-20-,24-23-,27-26-,30-29-,33-32-,36-35-. The zero-order valence-electron chi connectivity index (χ0n) is 40.7. The summed E-state index contributed by atoms with van der Waals surface area (Å²) in [5, 5.41) is 13.7. The molecule has 0 rings (SSSR count). The molecular weight excluding hydrogens is 804 g/mol. The number of aliphatic hydroxyl groups is 1. The molecule has 360 valence electrons. The van der Waals surface area contributed by atoms with Gasteiger partial charge in [0.25, 0.3) is 7.82 Å². The van der Waals surface area contributed by atoms with Crippen LogP contribution in [0.2, 0.25) is 0 Å². The van der Waals surface area contributed by atoms with Gasteiger partial charge in [-0.05, 0) is 83.5 Å². The number of rotatable bonds is 43. The molecule has 1 amide bonds. The van der Waals surface area contributed by atoms with Crippen LogP contribution < -0.4 is 10.2 Å². The molecule has 3 atom stereocenters. The van der Waals surface area contributed by atoms with Gasteiger partial charge in [-0.1, -0.05) is 194 Å². The van der Waals surface area contributed by atoms with Crippen LogP contribution in [-0.4, -0.2) is 68.5 Å². The Balaban J connectivity index is 4.04. The number of nitrogens with one attached hydrogen (secondary N) is 1. The fourth-order valence-corrected chi connectivity index (χ4v) is 7.11. The van der Waals surface area contributed by atoms with E-state index in [-0.39, 0.29) is 19.1 Å². The van der Waals surface area contributed by atoms with Crippen LogP contribution >= 0.6 is 7.82 Å². The molecule has 0 bridgehead atoms. The van der Waals surface area contributed by atoms with E-state index >= 15 is 0 Å². The van der Waals surface area contributed by atoms with Crippen LogP contribution in [0.3, 0.4) is 0 Å². The monoisotopic (exact) mass is 897 g/mol. The van der Waals surface area contributed by atoms with Crippen molar-refractivity contribution in [1.29, 1.82) is 0 Å². The SMILES string of the molecule is CC/C=C\C/C=C\C/C=C\C/C=C\C/C=C\C/C=C\C/C=C\C/C=C\C/C=C\CCCCCCCCCC(=O)NC(COP(=O)([O-])OCC[N+](C)(C)C)C(O)CCCCCCCC. The number of nitrogens with zero attached hydrogens (tertiary/aromatic N) is 1. The Labute approximate surface area is 387 Å². The van der Waals surface area contributed by atoms with Crippen LogP contribution in [0.25, 0.3) is 0 Å². The Morgan fingerprint density at radius 1 is 0.571 bits per heavy atom. The van der Waals surface area contributed by atoms with Crippen molar-refractivity contribution < 1.29 is 32.9 Å². The molecule has 0 saturated carbocycles. The van der Waals surface area contributed by atoms with E-state index < -0.39 is 20.0 Å². The summed E-state index contributed by atoms with van der Waals surface area (Å²) in [4.78, 5) is 25.2. The van der Waals surface area contributed by atoms with E-state index in [1.165, 1.54) is 38.5 Å². The van der Waals surface area contributed by atoms with Gasteiger partial charge in [-0.15, -0.1) is 0 Å².